The number of rotatable bonds is 8. The minimum Gasteiger partial charge on any atom is -0.394 e. The summed E-state index contributed by atoms with van der Waals surface area (Å²) in [4.78, 5) is 52.2. The summed E-state index contributed by atoms with van der Waals surface area (Å²) in [6.07, 6.45) is -2.76. The second-order valence-electron chi connectivity index (χ2n) is 9.65. The molecule has 6 rings (SSSR count). The first kappa shape index (κ1) is 28.0. The predicted octanol–water partition coefficient (Wildman–Crippen LogP) is -1.37. The Morgan fingerprint density at radius 2 is 2.05 bits per heavy atom. The van der Waals surface area contributed by atoms with Gasteiger partial charge in [-0.3, -0.25) is 19.1 Å². The molecule has 2 aliphatic rings. The Labute approximate surface area is 233 Å². The number of hydrogen-bond donors (Lipinski definition) is 6. The van der Waals surface area contributed by atoms with Gasteiger partial charge in [-0.1, -0.05) is 0 Å². The van der Waals surface area contributed by atoms with Crippen molar-refractivity contribution in [3.05, 3.63) is 45.3 Å². The van der Waals surface area contributed by atoms with E-state index >= 15 is 4.39 Å². The van der Waals surface area contributed by atoms with Gasteiger partial charge in [-0.2, -0.15) is 10.1 Å². The van der Waals surface area contributed by atoms with Crippen LogP contribution in [0.4, 0.5) is 10.3 Å². The first-order valence-corrected chi connectivity index (χ1v) is 15.2. The van der Waals surface area contributed by atoms with Crippen molar-refractivity contribution < 1.29 is 33.5 Å². The molecule has 0 aromatic carbocycles. The number of nitrogens with two attached hydrogens (primary N) is 1. The number of halogens is 1. The van der Waals surface area contributed by atoms with Crippen LogP contribution in [0.2, 0.25) is 0 Å². The van der Waals surface area contributed by atoms with Gasteiger partial charge in [-0.15, -0.1) is 0 Å². The highest BCUT2D eigenvalue weighted by atomic mass is 32.5. The van der Waals surface area contributed by atoms with Crippen molar-refractivity contribution in [2.45, 2.75) is 55.3 Å². The first-order chi connectivity index (χ1) is 19.6. The minimum absolute atomic E-state index is 0.0283. The van der Waals surface area contributed by atoms with Gasteiger partial charge in [0.25, 0.3) is 11.1 Å². The third-order valence-corrected chi connectivity index (χ3v) is 10.0. The number of nitrogens with one attached hydrogen (secondary N) is 2. The molecule has 0 radical (unpaired) electrons. The summed E-state index contributed by atoms with van der Waals surface area (Å²) < 4.78 is 35.3. The van der Waals surface area contributed by atoms with E-state index in [2.05, 4.69) is 30.0 Å². The van der Waals surface area contributed by atoms with E-state index in [0.29, 0.717) is 5.69 Å². The summed E-state index contributed by atoms with van der Waals surface area (Å²) in [5, 5.41) is 24.4. The van der Waals surface area contributed by atoms with Crippen molar-refractivity contribution in [2.75, 3.05) is 18.9 Å². The SMILES string of the molecule is Nc1nc2c(ncn2[C@@H]2O[C@H](CO)[C@@H](F)[C@H]2P(O)(=S)OCC[C@H]2O[C@@H](c3cnc4c(=O)[nH]cnn34)C[C@@H]2O)c(=O)[nH]1. The van der Waals surface area contributed by atoms with Crippen molar-refractivity contribution in [2.24, 2.45) is 0 Å². The van der Waals surface area contributed by atoms with Crippen LogP contribution < -0.4 is 16.9 Å². The number of aliphatic hydroxyl groups is 2. The Kier molecular flexibility index (Phi) is 7.23. The molecule has 2 fully saturated rings. The molecule has 8 atom stereocenters. The Bertz CT molecular complexity index is 1760. The molecule has 41 heavy (non-hydrogen) atoms. The second kappa shape index (κ2) is 10.6. The molecular weight excluding hydrogens is 588 g/mol. The van der Waals surface area contributed by atoms with Crippen LogP contribution in [-0.4, -0.2) is 97.6 Å². The molecular formula is C21H25FN9O8PS. The molecule has 4 aromatic heterocycles. The molecule has 0 amide bonds. The number of hydrogen-bond acceptors (Lipinski definition) is 13. The zero-order valence-corrected chi connectivity index (χ0v) is 22.7. The van der Waals surface area contributed by atoms with Crippen LogP contribution >= 0.6 is 6.49 Å². The maximum Gasteiger partial charge on any atom is 0.294 e. The van der Waals surface area contributed by atoms with Gasteiger partial charge >= 0.3 is 0 Å². The van der Waals surface area contributed by atoms with E-state index in [1.165, 1.54) is 27.9 Å². The number of imidazole rings is 2. The summed E-state index contributed by atoms with van der Waals surface area (Å²) in [6.45, 7) is -4.91. The number of fused-ring (bicyclic) bond motifs is 2. The summed E-state index contributed by atoms with van der Waals surface area (Å²) in [6, 6.07) is 0. The number of alkyl halides is 1. The summed E-state index contributed by atoms with van der Waals surface area (Å²) >= 11 is 5.37. The average Bonchev–Trinajstić information content (AvgIpc) is 3.68. The average molecular weight is 614 g/mol. The Balaban J connectivity index is 1.17. The van der Waals surface area contributed by atoms with Crippen molar-refractivity contribution in [1.29, 1.82) is 0 Å². The lowest BCUT2D eigenvalue weighted by atomic mass is 10.1. The lowest BCUT2D eigenvalue weighted by Crippen LogP contribution is -2.31. The number of H-pyrrole nitrogens is 2. The van der Waals surface area contributed by atoms with E-state index in [-0.39, 0.29) is 42.2 Å². The van der Waals surface area contributed by atoms with Crippen LogP contribution in [0.5, 0.6) is 0 Å². The first-order valence-electron chi connectivity index (χ1n) is 12.4. The highest BCUT2D eigenvalue weighted by Gasteiger charge is 2.53. The molecule has 0 bridgehead atoms. The molecule has 6 heterocycles. The van der Waals surface area contributed by atoms with Gasteiger partial charge in [0.05, 0.1) is 43.6 Å². The van der Waals surface area contributed by atoms with Gasteiger partial charge in [0.2, 0.25) is 11.6 Å². The molecule has 20 heteroatoms. The van der Waals surface area contributed by atoms with E-state index in [1.807, 2.05) is 0 Å². The van der Waals surface area contributed by atoms with Crippen LogP contribution in [0.15, 0.2) is 28.4 Å². The number of aromatic amines is 2. The number of nitrogens with zero attached hydrogens (tertiary/aromatic N) is 6. The maximum atomic E-state index is 15.5. The maximum absolute atomic E-state index is 15.5. The van der Waals surface area contributed by atoms with Crippen molar-refractivity contribution in [3.63, 3.8) is 0 Å². The summed E-state index contributed by atoms with van der Waals surface area (Å²) in [5.74, 6) is -0.214. The molecule has 1 unspecified atom stereocenters. The molecule has 4 aromatic rings. The van der Waals surface area contributed by atoms with Gasteiger partial charge in [0, 0.05) is 6.42 Å². The highest BCUT2D eigenvalue weighted by Crippen LogP contribution is 2.58. The molecule has 0 spiro atoms. The Morgan fingerprint density at radius 3 is 2.83 bits per heavy atom. The summed E-state index contributed by atoms with van der Waals surface area (Å²) in [5.41, 5.74) is 3.57. The van der Waals surface area contributed by atoms with Gasteiger partial charge in [-0.25, -0.2) is 18.9 Å². The van der Waals surface area contributed by atoms with Crippen LogP contribution in [-0.2, 0) is 25.8 Å². The fraction of sp³-hybridized carbons (Fsp3) is 0.524. The molecule has 220 valence electrons. The van der Waals surface area contributed by atoms with E-state index in [1.54, 1.807) is 0 Å². The topological polar surface area (TPSA) is 241 Å². The lowest BCUT2D eigenvalue weighted by molar-refractivity contribution is -0.0324. The second-order valence-corrected chi connectivity index (χ2v) is 13.2. The largest absolute Gasteiger partial charge is 0.394 e. The third kappa shape index (κ3) is 4.87. The normalized spacial score (nSPS) is 29.9. The fourth-order valence-electron chi connectivity index (χ4n) is 5.19. The third-order valence-electron chi connectivity index (χ3n) is 7.14. The summed E-state index contributed by atoms with van der Waals surface area (Å²) in [7, 11) is 0. The number of aliphatic hydroxyl groups excluding tert-OH is 2. The van der Waals surface area contributed by atoms with E-state index < -0.39 is 66.7 Å². The molecule has 0 aliphatic carbocycles. The van der Waals surface area contributed by atoms with Crippen molar-refractivity contribution in [3.8, 4) is 0 Å². The van der Waals surface area contributed by atoms with Gasteiger partial charge < -0.3 is 39.8 Å². The Hall–Kier alpha value is -3.16. The predicted molar refractivity (Wildman–Crippen MR) is 141 cm³/mol. The van der Waals surface area contributed by atoms with Crippen LogP contribution in [0.1, 0.15) is 30.9 Å². The van der Waals surface area contributed by atoms with Crippen LogP contribution in [0.3, 0.4) is 0 Å². The van der Waals surface area contributed by atoms with Crippen molar-refractivity contribution >= 4 is 41.1 Å². The van der Waals surface area contributed by atoms with Gasteiger partial charge in [0.15, 0.2) is 23.9 Å². The standard InChI is InChI=1S/C21H25FN9O8PS/c22-13-12(5-32)39-20(30-7-26-14-16(30)28-21(23)29-18(14)34)15(13)40(36,41)37-2-1-10-9(33)3-11(38-10)8-4-24-17-19(35)25-6-27-31(8)17/h4,6-7,9-13,15,20,32-33H,1-3,5H2,(H,36,41)(H,25,27,35)(H3,23,28,29,34)/t9-,10+,11+,12+,13+,15+,20+,40?/m0/s1. The fourth-order valence-corrected chi connectivity index (χ4v) is 7.70. The lowest BCUT2D eigenvalue weighted by Gasteiger charge is -2.28. The van der Waals surface area contributed by atoms with E-state index in [0.717, 1.165) is 0 Å². The molecule has 17 nitrogen and oxygen atoms in total. The molecule has 2 aliphatic heterocycles. The van der Waals surface area contributed by atoms with Crippen LogP contribution in [0.25, 0.3) is 16.8 Å². The zero-order chi connectivity index (χ0) is 29.1. The number of ether oxygens (including phenoxy) is 2. The quantitative estimate of drug-likeness (QED) is 0.126. The van der Waals surface area contributed by atoms with Gasteiger partial charge in [0.1, 0.15) is 30.4 Å². The highest BCUT2D eigenvalue weighted by molar-refractivity contribution is 8.09. The zero-order valence-electron chi connectivity index (χ0n) is 21.0. The van der Waals surface area contributed by atoms with E-state index in [9.17, 15) is 24.7 Å². The molecule has 2 saturated heterocycles. The number of nitrogen functional groups attached to an aromatic ring is 1. The smallest absolute Gasteiger partial charge is 0.294 e. The minimum atomic E-state index is -3.99. The van der Waals surface area contributed by atoms with Gasteiger partial charge in [-0.05, 0) is 18.2 Å². The van der Waals surface area contributed by atoms with Crippen LogP contribution in [0, 0.1) is 0 Å². The Morgan fingerprint density at radius 1 is 1.24 bits per heavy atom. The molecule has 0 saturated carbocycles. The number of aromatic nitrogens is 8. The molecule has 7 N–H and O–H groups in total. The van der Waals surface area contributed by atoms with Crippen molar-refractivity contribution in [1.82, 2.24) is 39.1 Å². The number of anilines is 1. The monoisotopic (exact) mass is 613 g/mol. The van der Waals surface area contributed by atoms with E-state index in [4.69, 9.17) is 31.5 Å².